The summed E-state index contributed by atoms with van der Waals surface area (Å²) in [7, 11) is 3.43. The molecule has 6 nitrogen and oxygen atoms in total. The third-order valence-electron chi connectivity index (χ3n) is 7.17. The number of hydrogen-bond donors (Lipinski definition) is 0. The van der Waals surface area contributed by atoms with Crippen molar-refractivity contribution >= 4 is 28.5 Å². The second-order valence-corrected chi connectivity index (χ2v) is 9.55. The summed E-state index contributed by atoms with van der Waals surface area (Å²) in [6.45, 7) is 5.47. The summed E-state index contributed by atoms with van der Waals surface area (Å²) in [5.41, 5.74) is 3.65. The number of carbonyl (C=O) groups is 3. The molecule has 0 spiro atoms. The first-order valence-corrected chi connectivity index (χ1v) is 12.1. The Hall–Kier alpha value is -3.48. The summed E-state index contributed by atoms with van der Waals surface area (Å²) >= 11 is 0. The lowest BCUT2D eigenvalue weighted by Crippen LogP contribution is -2.39. The summed E-state index contributed by atoms with van der Waals surface area (Å²) in [4.78, 5) is 42.2. The van der Waals surface area contributed by atoms with Gasteiger partial charge in [-0.1, -0.05) is 12.1 Å². The highest BCUT2D eigenvalue weighted by molar-refractivity contribution is 6.44. The molecule has 2 amide bonds. The molecule has 0 bridgehead atoms. The van der Waals surface area contributed by atoms with Crippen molar-refractivity contribution < 1.29 is 18.8 Å². The second kappa shape index (κ2) is 10.0. The number of ketones is 1. The topological polar surface area (TPSA) is 62.6 Å². The molecule has 2 heterocycles. The van der Waals surface area contributed by atoms with Crippen molar-refractivity contribution in [2.75, 3.05) is 26.7 Å². The first kappa shape index (κ1) is 24.6. The SMILES string of the molecule is CCN(C)C(=O)C(=O)c1cn(C)c2cc(C)c(C(=O)N3CCC(Cc4ccc(F)cc4)CC3)cc12. The van der Waals surface area contributed by atoms with Gasteiger partial charge in [-0.25, -0.2) is 4.39 Å². The smallest absolute Gasteiger partial charge is 0.294 e. The molecule has 0 radical (unpaired) electrons. The molecule has 0 saturated carbocycles. The van der Waals surface area contributed by atoms with Gasteiger partial charge in [-0.05, 0) is 74.4 Å². The molecule has 3 aromatic rings. The molecule has 184 valence electrons. The van der Waals surface area contributed by atoms with E-state index in [4.69, 9.17) is 0 Å². The molecule has 1 saturated heterocycles. The molecule has 0 atom stereocenters. The minimum Gasteiger partial charge on any atom is -0.350 e. The summed E-state index contributed by atoms with van der Waals surface area (Å²) < 4.78 is 15.0. The van der Waals surface area contributed by atoms with Crippen LogP contribution < -0.4 is 0 Å². The Kier molecular flexibility index (Phi) is 7.05. The molecule has 1 aliphatic heterocycles. The number of fused-ring (bicyclic) bond motifs is 1. The van der Waals surface area contributed by atoms with E-state index in [0.29, 0.717) is 42.1 Å². The Bertz CT molecular complexity index is 1270. The number of aryl methyl sites for hydroxylation is 2. The molecule has 0 aliphatic carbocycles. The lowest BCUT2D eigenvalue weighted by molar-refractivity contribution is -0.125. The van der Waals surface area contributed by atoms with Gasteiger partial charge in [0.25, 0.3) is 17.6 Å². The van der Waals surface area contributed by atoms with Crippen molar-refractivity contribution in [1.82, 2.24) is 14.4 Å². The van der Waals surface area contributed by atoms with Crippen LogP contribution in [-0.2, 0) is 18.3 Å². The van der Waals surface area contributed by atoms with Gasteiger partial charge in [0.1, 0.15) is 5.82 Å². The fourth-order valence-electron chi connectivity index (χ4n) is 4.84. The van der Waals surface area contributed by atoms with Crippen LogP contribution in [0.3, 0.4) is 0 Å². The van der Waals surface area contributed by atoms with Gasteiger partial charge >= 0.3 is 0 Å². The van der Waals surface area contributed by atoms with E-state index in [1.165, 1.54) is 17.0 Å². The van der Waals surface area contributed by atoms with E-state index in [2.05, 4.69) is 0 Å². The Balaban J connectivity index is 1.53. The zero-order valence-electron chi connectivity index (χ0n) is 20.8. The molecular weight excluding hydrogens is 445 g/mol. The number of piperidine rings is 1. The van der Waals surface area contributed by atoms with E-state index in [0.717, 1.165) is 35.9 Å². The lowest BCUT2D eigenvalue weighted by Gasteiger charge is -2.32. The van der Waals surface area contributed by atoms with E-state index >= 15 is 0 Å². The molecule has 4 rings (SSSR count). The van der Waals surface area contributed by atoms with Crippen molar-refractivity contribution in [2.24, 2.45) is 13.0 Å². The highest BCUT2D eigenvalue weighted by Gasteiger charge is 2.28. The van der Waals surface area contributed by atoms with Gasteiger partial charge in [-0.3, -0.25) is 14.4 Å². The average Bonchev–Trinajstić information content (AvgIpc) is 3.18. The zero-order valence-corrected chi connectivity index (χ0v) is 20.8. The number of likely N-dealkylation sites (N-methyl/N-ethyl adjacent to an activating group) is 1. The summed E-state index contributed by atoms with van der Waals surface area (Å²) in [6.07, 6.45) is 4.32. The van der Waals surface area contributed by atoms with Gasteiger partial charge in [0.05, 0.1) is 5.56 Å². The largest absolute Gasteiger partial charge is 0.350 e. The van der Waals surface area contributed by atoms with E-state index in [1.54, 1.807) is 19.3 Å². The highest BCUT2D eigenvalue weighted by atomic mass is 19.1. The lowest BCUT2D eigenvalue weighted by atomic mass is 9.89. The molecule has 2 aromatic carbocycles. The monoisotopic (exact) mass is 477 g/mol. The van der Waals surface area contributed by atoms with Crippen LogP contribution in [0.15, 0.2) is 42.6 Å². The number of hydrogen-bond acceptors (Lipinski definition) is 3. The van der Waals surface area contributed by atoms with Crippen LogP contribution in [0.1, 0.15) is 51.6 Å². The minimum absolute atomic E-state index is 0.0520. The van der Waals surface area contributed by atoms with Gasteiger partial charge in [-0.15, -0.1) is 0 Å². The third-order valence-corrected chi connectivity index (χ3v) is 7.17. The first-order chi connectivity index (χ1) is 16.7. The fourth-order valence-corrected chi connectivity index (χ4v) is 4.84. The van der Waals surface area contributed by atoms with Crippen LogP contribution in [0.5, 0.6) is 0 Å². The Morgan fingerprint density at radius 1 is 1.06 bits per heavy atom. The standard InChI is InChI=1S/C28H32FN3O3/c1-5-30(3)28(35)26(33)24-17-31(4)25-14-18(2)22(16-23(24)25)27(34)32-12-10-20(11-13-32)15-19-6-8-21(29)9-7-19/h6-9,14,16-17,20H,5,10-13,15H2,1-4H3. The van der Waals surface area contributed by atoms with Gasteiger partial charge in [0, 0.05) is 56.4 Å². The number of likely N-dealkylation sites (tertiary alicyclic amines) is 1. The van der Waals surface area contributed by atoms with Gasteiger partial charge in [-0.2, -0.15) is 0 Å². The molecule has 35 heavy (non-hydrogen) atoms. The molecule has 0 N–H and O–H groups in total. The first-order valence-electron chi connectivity index (χ1n) is 12.1. The maximum absolute atomic E-state index is 13.5. The van der Waals surface area contributed by atoms with Gasteiger partial charge in [0.15, 0.2) is 0 Å². The molecular formula is C28H32FN3O3. The number of benzene rings is 2. The van der Waals surface area contributed by atoms with Crippen LogP contribution >= 0.6 is 0 Å². The molecule has 1 aliphatic rings. The molecule has 1 fully saturated rings. The van der Waals surface area contributed by atoms with Crippen LogP contribution in [0, 0.1) is 18.7 Å². The van der Waals surface area contributed by atoms with Gasteiger partial charge < -0.3 is 14.4 Å². The van der Waals surface area contributed by atoms with Crippen LogP contribution in [0.25, 0.3) is 10.9 Å². The maximum atomic E-state index is 13.5. The van der Waals surface area contributed by atoms with Crippen LogP contribution in [0.2, 0.25) is 0 Å². The maximum Gasteiger partial charge on any atom is 0.294 e. The van der Waals surface area contributed by atoms with Crippen molar-refractivity contribution in [3.63, 3.8) is 0 Å². The highest BCUT2D eigenvalue weighted by Crippen LogP contribution is 2.28. The van der Waals surface area contributed by atoms with E-state index in [-0.39, 0.29) is 11.7 Å². The predicted octanol–water partition coefficient (Wildman–Crippen LogP) is 4.38. The van der Waals surface area contributed by atoms with Gasteiger partial charge in [0.2, 0.25) is 0 Å². The molecule has 7 heteroatoms. The van der Waals surface area contributed by atoms with Crippen molar-refractivity contribution in [3.05, 3.63) is 70.7 Å². The van der Waals surface area contributed by atoms with Crippen LogP contribution in [0.4, 0.5) is 4.39 Å². The zero-order chi connectivity index (χ0) is 25.3. The van der Waals surface area contributed by atoms with Crippen LogP contribution in [-0.4, -0.2) is 58.6 Å². The normalized spacial score (nSPS) is 14.4. The van der Waals surface area contributed by atoms with Crippen molar-refractivity contribution in [3.8, 4) is 0 Å². The van der Waals surface area contributed by atoms with E-state index in [1.807, 2.05) is 48.6 Å². The number of carbonyl (C=O) groups excluding carboxylic acids is 3. The van der Waals surface area contributed by atoms with Crippen molar-refractivity contribution in [1.29, 1.82) is 0 Å². The Labute approximate surface area is 205 Å². The van der Waals surface area contributed by atoms with Crippen molar-refractivity contribution in [2.45, 2.75) is 33.1 Å². The Morgan fingerprint density at radius 3 is 2.34 bits per heavy atom. The molecule has 0 unspecified atom stereocenters. The van der Waals surface area contributed by atoms with E-state index < -0.39 is 11.7 Å². The number of halogens is 1. The summed E-state index contributed by atoms with van der Waals surface area (Å²) in [5, 5.41) is 0.621. The molecule has 1 aromatic heterocycles. The second-order valence-electron chi connectivity index (χ2n) is 9.55. The number of Topliss-reactive ketones (excluding diaryl/α,β-unsaturated/α-hetero) is 1. The number of rotatable bonds is 6. The number of nitrogens with zero attached hydrogens (tertiary/aromatic N) is 3. The average molecular weight is 478 g/mol. The number of aromatic nitrogens is 1. The minimum atomic E-state index is -0.566. The third kappa shape index (κ3) is 4.99. The predicted molar refractivity (Wildman–Crippen MR) is 134 cm³/mol. The number of amides is 2. The quantitative estimate of drug-likeness (QED) is 0.391. The van der Waals surface area contributed by atoms with E-state index in [9.17, 15) is 18.8 Å². The summed E-state index contributed by atoms with van der Waals surface area (Å²) in [6, 6.07) is 10.3. The summed E-state index contributed by atoms with van der Waals surface area (Å²) in [5.74, 6) is -0.955. The Morgan fingerprint density at radius 2 is 1.71 bits per heavy atom. The fraction of sp³-hybridized carbons (Fsp3) is 0.393.